The van der Waals surface area contributed by atoms with Crippen LogP contribution in [-0.2, 0) is 6.42 Å². The van der Waals surface area contributed by atoms with E-state index in [1.165, 1.54) is 5.56 Å². The van der Waals surface area contributed by atoms with E-state index in [1.807, 2.05) is 42.5 Å². The maximum Gasteiger partial charge on any atom is 0.249 e. The van der Waals surface area contributed by atoms with E-state index in [-0.39, 0.29) is 0 Å². The van der Waals surface area contributed by atoms with Gasteiger partial charge in [-0.2, -0.15) is 0 Å². The molecule has 0 radical (unpaired) electrons. The van der Waals surface area contributed by atoms with Gasteiger partial charge in [0, 0.05) is 33.6 Å². The molecule has 3 aromatic carbocycles. The predicted octanol–water partition coefficient (Wildman–Crippen LogP) is 5.26. The molecule has 0 aliphatic carbocycles. The molecule has 4 rings (SSSR count). The lowest BCUT2D eigenvalue weighted by Crippen LogP contribution is -2.30. The first-order valence-corrected chi connectivity index (χ1v) is 10.9. The van der Waals surface area contributed by atoms with E-state index in [0.29, 0.717) is 11.4 Å². The lowest BCUT2D eigenvalue weighted by Gasteiger charge is -2.28. The van der Waals surface area contributed by atoms with Gasteiger partial charge in [0.25, 0.3) is 0 Å². The minimum Gasteiger partial charge on any atom is -0.366 e. The Balaban J connectivity index is 1.70. The fourth-order valence-corrected chi connectivity index (χ4v) is 4.01. The fourth-order valence-electron chi connectivity index (χ4n) is 4.01. The second-order valence-electron chi connectivity index (χ2n) is 7.89. The van der Waals surface area contributed by atoms with Gasteiger partial charge in [-0.15, -0.1) is 0 Å². The van der Waals surface area contributed by atoms with Gasteiger partial charge in [0.1, 0.15) is 12.0 Å². The number of nitrogens with one attached hydrogen (secondary N) is 2. The Morgan fingerprint density at radius 1 is 1.03 bits per heavy atom. The summed E-state index contributed by atoms with van der Waals surface area (Å²) >= 11 is 0. The molecular weight excluding hydrogens is 396 g/mol. The van der Waals surface area contributed by atoms with Gasteiger partial charge < -0.3 is 16.4 Å². The maximum atomic E-state index is 12.0. The third kappa shape index (κ3) is 4.42. The van der Waals surface area contributed by atoms with E-state index in [0.717, 1.165) is 47.3 Å². The number of carbonyl (C=O) groups is 1. The normalized spacial score (nSPS) is 14.7. The molecule has 0 spiro atoms. The minimum absolute atomic E-state index is 0.445. The summed E-state index contributed by atoms with van der Waals surface area (Å²) in [5, 5.41) is 6.88. The lowest BCUT2D eigenvalue weighted by atomic mass is 9.99. The molecule has 1 amide bonds. The Kier molecular flexibility index (Phi) is 6.36. The van der Waals surface area contributed by atoms with Crippen molar-refractivity contribution in [1.82, 2.24) is 5.32 Å². The van der Waals surface area contributed by atoms with Gasteiger partial charge in [-0.05, 0) is 36.6 Å². The molecule has 1 aliphatic heterocycles. The number of para-hydroxylation sites is 1. The van der Waals surface area contributed by atoms with Crippen molar-refractivity contribution < 1.29 is 4.79 Å². The van der Waals surface area contributed by atoms with Crippen LogP contribution in [0.4, 0.5) is 5.69 Å². The summed E-state index contributed by atoms with van der Waals surface area (Å²) in [6.45, 7) is 6.51. The van der Waals surface area contributed by atoms with E-state index in [9.17, 15) is 4.79 Å². The van der Waals surface area contributed by atoms with E-state index < -0.39 is 12.1 Å². The standard InChI is InChI=1S/C27H28N4O/c1-3-4-11-19-12-5-6-13-20(19)18(2)29-27-23-16-9-10-17-24(23)30-26(31-27)22-15-8-7-14-21(22)25(28)32/h5-10,12-17,26,30H,2-4,11H2,1H3,(H2,28,32)(H,29,31). The minimum atomic E-state index is -0.472. The van der Waals surface area contributed by atoms with Crippen LogP contribution < -0.4 is 16.4 Å². The molecule has 0 bridgehead atoms. The Morgan fingerprint density at radius 3 is 2.50 bits per heavy atom. The Labute approximate surface area is 189 Å². The molecule has 0 fully saturated rings. The molecule has 1 heterocycles. The SMILES string of the molecule is C=C(NC1=NC(c2ccccc2C(N)=O)Nc2ccccc21)c1ccccc1CCCC. The molecule has 162 valence electrons. The maximum absolute atomic E-state index is 12.0. The number of aryl methyl sites for hydroxylation is 1. The van der Waals surface area contributed by atoms with Crippen LogP contribution in [0.5, 0.6) is 0 Å². The van der Waals surface area contributed by atoms with E-state index in [2.05, 4.69) is 42.3 Å². The Bertz CT molecular complexity index is 1180. The van der Waals surface area contributed by atoms with E-state index in [4.69, 9.17) is 10.7 Å². The highest BCUT2D eigenvalue weighted by Gasteiger charge is 2.24. The van der Waals surface area contributed by atoms with Crippen LogP contribution in [0.1, 0.15) is 58.5 Å². The van der Waals surface area contributed by atoms with Crippen molar-refractivity contribution in [3.05, 3.63) is 107 Å². The van der Waals surface area contributed by atoms with Crippen LogP contribution in [0.15, 0.2) is 84.4 Å². The van der Waals surface area contributed by atoms with Crippen LogP contribution in [-0.4, -0.2) is 11.7 Å². The highest BCUT2D eigenvalue weighted by molar-refractivity contribution is 6.08. The summed E-state index contributed by atoms with van der Waals surface area (Å²) in [7, 11) is 0. The number of amidine groups is 1. The molecule has 1 aliphatic rings. The van der Waals surface area contributed by atoms with Crippen molar-refractivity contribution in [3.8, 4) is 0 Å². The Hall–Kier alpha value is -3.86. The van der Waals surface area contributed by atoms with Gasteiger partial charge in [0.05, 0.1) is 0 Å². The molecule has 0 saturated carbocycles. The van der Waals surface area contributed by atoms with Gasteiger partial charge in [-0.1, -0.05) is 74.5 Å². The number of nitrogens with zero attached hydrogens (tertiary/aromatic N) is 1. The van der Waals surface area contributed by atoms with Gasteiger partial charge in [-0.25, -0.2) is 4.99 Å². The summed E-state index contributed by atoms with van der Waals surface area (Å²) < 4.78 is 0. The average molecular weight is 425 g/mol. The number of anilines is 1. The summed E-state index contributed by atoms with van der Waals surface area (Å²) in [4.78, 5) is 16.9. The first kappa shape index (κ1) is 21.4. The number of rotatable bonds is 7. The summed E-state index contributed by atoms with van der Waals surface area (Å²) in [5.74, 6) is 0.235. The van der Waals surface area contributed by atoms with Crippen LogP contribution in [0.3, 0.4) is 0 Å². The molecule has 1 atom stereocenters. The molecule has 1 unspecified atom stereocenters. The molecule has 5 heteroatoms. The molecule has 0 saturated heterocycles. The van der Waals surface area contributed by atoms with Gasteiger partial charge in [0.2, 0.25) is 5.91 Å². The summed E-state index contributed by atoms with van der Waals surface area (Å²) in [5.41, 5.74) is 11.9. The zero-order chi connectivity index (χ0) is 22.5. The van der Waals surface area contributed by atoms with Crippen LogP contribution >= 0.6 is 0 Å². The third-order valence-corrected chi connectivity index (χ3v) is 5.66. The van der Waals surface area contributed by atoms with Gasteiger partial charge in [0.15, 0.2) is 0 Å². The average Bonchev–Trinajstić information content (AvgIpc) is 2.82. The second-order valence-corrected chi connectivity index (χ2v) is 7.89. The molecule has 32 heavy (non-hydrogen) atoms. The molecular formula is C27H28N4O. The number of carbonyl (C=O) groups excluding carboxylic acids is 1. The number of primary amides is 1. The summed E-state index contributed by atoms with van der Waals surface area (Å²) in [6.07, 6.45) is 2.83. The molecule has 5 nitrogen and oxygen atoms in total. The molecule has 0 aromatic heterocycles. The largest absolute Gasteiger partial charge is 0.366 e. The molecule has 3 aromatic rings. The monoisotopic (exact) mass is 424 g/mol. The first-order valence-electron chi connectivity index (χ1n) is 10.9. The third-order valence-electron chi connectivity index (χ3n) is 5.66. The van der Waals surface area contributed by atoms with Crippen molar-refractivity contribution in [1.29, 1.82) is 0 Å². The number of hydrogen-bond donors (Lipinski definition) is 3. The number of fused-ring (bicyclic) bond motifs is 1. The van der Waals surface area contributed by atoms with Crippen molar-refractivity contribution >= 4 is 23.1 Å². The number of nitrogens with two attached hydrogens (primary N) is 1. The lowest BCUT2D eigenvalue weighted by molar-refractivity contribution is 0.0999. The number of benzene rings is 3. The fraction of sp³-hybridized carbons (Fsp3) is 0.185. The zero-order valence-electron chi connectivity index (χ0n) is 18.3. The topological polar surface area (TPSA) is 79.5 Å². The van der Waals surface area contributed by atoms with Crippen molar-refractivity contribution in [3.63, 3.8) is 0 Å². The highest BCUT2D eigenvalue weighted by Crippen LogP contribution is 2.31. The highest BCUT2D eigenvalue weighted by atomic mass is 16.1. The molecule has 4 N–H and O–H groups in total. The number of hydrogen-bond acceptors (Lipinski definition) is 4. The number of unbranched alkanes of at least 4 members (excludes halogenated alkanes) is 1. The number of amides is 1. The van der Waals surface area contributed by atoms with Crippen LogP contribution in [0.2, 0.25) is 0 Å². The quantitative estimate of drug-likeness (QED) is 0.484. The van der Waals surface area contributed by atoms with E-state index >= 15 is 0 Å². The Morgan fingerprint density at radius 2 is 1.72 bits per heavy atom. The predicted molar refractivity (Wildman–Crippen MR) is 132 cm³/mol. The van der Waals surface area contributed by atoms with Crippen LogP contribution in [0, 0.1) is 0 Å². The first-order chi connectivity index (χ1) is 15.6. The summed E-state index contributed by atoms with van der Waals surface area (Å²) in [6, 6.07) is 23.6. The van der Waals surface area contributed by atoms with Crippen molar-refractivity contribution in [2.45, 2.75) is 32.4 Å². The zero-order valence-corrected chi connectivity index (χ0v) is 18.3. The second kappa shape index (κ2) is 9.52. The number of aliphatic imine (C=N–C) groups is 1. The van der Waals surface area contributed by atoms with Crippen molar-refractivity contribution in [2.75, 3.05) is 5.32 Å². The van der Waals surface area contributed by atoms with Gasteiger partial charge >= 0.3 is 0 Å². The van der Waals surface area contributed by atoms with Crippen LogP contribution in [0.25, 0.3) is 5.70 Å². The van der Waals surface area contributed by atoms with Gasteiger partial charge in [-0.3, -0.25) is 4.79 Å². The van der Waals surface area contributed by atoms with Crippen molar-refractivity contribution in [2.24, 2.45) is 10.7 Å². The smallest absolute Gasteiger partial charge is 0.249 e. The van der Waals surface area contributed by atoms with E-state index in [1.54, 1.807) is 12.1 Å².